The van der Waals surface area contributed by atoms with E-state index < -0.39 is 0 Å². The number of ether oxygens (including phenoxy) is 1. The highest BCUT2D eigenvalue weighted by Crippen LogP contribution is 2.32. The Morgan fingerprint density at radius 3 is 2.83 bits per heavy atom. The Bertz CT molecular complexity index is 397. The Balaban J connectivity index is 2.09. The van der Waals surface area contributed by atoms with Crippen LogP contribution in [0.15, 0.2) is 22.7 Å². The normalized spacial score (nSPS) is 18.8. The van der Waals surface area contributed by atoms with Crippen LogP contribution in [0.1, 0.15) is 30.9 Å². The molecule has 1 unspecified atom stereocenters. The fourth-order valence-electron chi connectivity index (χ4n) is 2.38. The van der Waals surface area contributed by atoms with Crippen LogP contribution in [0, 0.1) is 5.92 Å². The van der Waals surface area contributed by atoms with Gasteiger partial charge in [-0.3, -0.25) is 11.3 Å². The lowest BCUT2D eigenvalue weighted by molar-refractivity contribution is 0.0605. The molecule has 1 aliphatic rings. The van der Waals surface area contributed by atoms with Gasteiger partial charge in [0, 0.05) is 28.8 Å². The van der Waals surface area contributed by atoms with Gasteiger partial charge in [-0.05, 0) is 48.9 Å². The molecular formula is C13H18BrClN2O. The van der Waals surface area contributed by atoms with Gasteiger partial charge in [0.1, 0.15) is 0 Å². The van der Waals surface area contributed by atoms with E-state index in [2.05, 4.69) is 21.4 Å². The molecule has 1 fully saturated rings. The van der Waals surface area contributed by atoms with Crippen LogP contribution in [-0.4, -0.2) is 13.2 Å². The number of nitrogens with two attached hydrogens (primary N) is 1. The van der Waals surface area contributed by atoms with Crippen LogP contribution in [0.25, 0.3) is 0 Å². The van der Waals surface area contributed by atoms with Gasteiger partial charge in [-0.2, -0.15) is 0 Å². The molecular weight excluding hydrogens is 316 g/mol. The van der Waals surface area contributed by atoms with Gasteiger partial charge in [0.05, 0.1) is 0 Å². The first-order valence-corrected chi connectivity index (χ1v) is 7.36. The van der Waals surface area contributed by atoms with Crippen molar-refractivity contribution in [2.45, 2.75) is 25.3 Å². The summed E-state index contributed by atoms with van der Waals surface area (Å²) in [6, 6.07) is 5.93. The third-order valence-corrected chi connectivity index (χ3v) is 4.40. The van der Waals surface area contributed by atoms with Gasteiger partial charge in [-0.25, -0.2) is 0 Å². The third-order valence-electron chi connectivity index (χ3n) is 3.44. The lowest BCUT2D eigenvalue weighted by Gasteiger charge is -2.27. The number of halogens is 2. The second-order valence-corrected chi connectivity index (χ2v) is 5.97. The predicted octanol–water partition coefficient (Wildman–Crippen LogP) is 3.42. The molecule has 1 aromatic rings. The van der Waals surface area contributed by atoms with Crippen LogP contribution in [0.2, 0.25) is 5.02 Å². The standard InChI is InChI=1S/C13H18BrClN2O/c14-12-2-1-10(15)8-11(12)13(17-16)7-9-3-5-18-6-4-9/h1-2,8-9,13,17H,3-7,16H2. The van der Waals surface area contributed by atoms with Crippen molar-refractivity contribution in [3.05, 3.63) is 33.3 Å². The highest BCUT2D eigenvalue weighted by atomic mass is 79.9. The van der Waals surface area contributed by atoms with E-state index in [-0.39, 0.29) is 6.04 Å². The molecule has 1 atom stereocenters. The Hall–Kier alpha value is -0.130. The number of rotatable bonds is 4. The molecule has 5 heteroatoms. The number of nitrogens with one attached hydrogen (secondary N) is 1. The Kier molecular flexibility index (Phi) is 5.45. The second-order valence-electron chi connectivity index (χ2n) is 4.68. The average molecular weight is 334 g/mol. The van der Waals surface area contributed by atoms with Crippen LogP contribution in [0.4, 0.5) is 0 Å². The quantitative estimate of drug-likeness (QED) is 0.655. The fourth-order valence-corrected chi connectivity index (χ4v) is 3.09. The van der Waals surface area contributed by atoms with Crippen molar-refractivity contribution in [1.82, 2.24) is 5.43 Å². The second kappa shape index (κ2) is 6.87. The summed E-state index contributed by atoms with van der Waals surface area (Å²) in [5.74, 6) is 6.35. The van der Waals surface area contributed by atoms with Crippen molar-refractivity contribution >= 4 is 27.5 Å². The van der Waals surface area contributed by atoms with E-state index in [1.165, 1.54) is 0 Å². The van der Waals surface area contributed by atoms with Gasteiger partial charge >= 0.3 is 0 Å². The molecule has 3 nitrogen and oxygen atoms in total. The van der Waals surface area contributed by atoms with Crippen LogP contribution >= 0.6 is 27.5 Å². The smallest absolute Gasteiger partial charge is 0.0474 e. The molecule has 0 spiro atoms. The van der Waals surface area contributed by atoms with E-state index in [0.29, 0.717) is 5.92 Å². The van der Waals surface area contributed by atoms with Crippen LogP contribution in [0.5, 0.6) is 0 Å². The molecule has 1 heterocycles. The van der Waals surface area contributed by atoms with Gasteiger partial charge in [0.15, 0.2) is 0 Å². The van der Waals surface area contributed by atoms with E-state index in [1.807, 2.05) is 18.2 Å². The third kappa shape index (κ3) is 3.68. The molecule has 0 radical (unpaired) electrons. The fraction of sp³-hybridized carbons (Fsp3) is 0.538. The SMILES string of the molecule is NNC(CC1CCOCC1)c1cc(Cl)ccc1Br. The van der Waals surface area contributed by atoms with Crippen LogP contribution in [-0.2, 0) is 4.74 Å². The summed E-state index contributed by atoms with van der Waals surface area (Å²) in [6.07, 6.45) is 3.23. The first-order valence-electron chi connectivity index (χ1n) is 6.19. The van der Waals surface area contributed by atoms with Gasteiger partial charge in [0.25, 0.3) is 0 Å². The topological polar surface area (TPSA) is 47.3 Å². The van der Waals surface area contributed by atoms with Crippen molar-refractivity contribution < 1.29 is 4.74 Å². The molecule has 18 heavy (non-hydrogen) atoms. The minimum Gasteiger partial charge on any atom is -0.381 e. The van der Waals surface area contributed by atoms with Crippen molar-refractivity contribution in [1.29, 1.82) is 0 Å². The van der Waals surface area contributed by atoms with E-state index in [9.17, 15) is 0 Å². The molecule has 1 aromatic carbocycles. The minimum absolute atomic E-state index is 0.126. The lowest BCUT2D eigenvalue weighted by Crippen LogP contribution is -2.31. The van der Waals surface area contributed by atoms with E-state index in [0.717, 1.165) is 47.5 Å². The van der Waals surface area contributed by atoms with Crippen LogP contribution < -0.4 is 11.3 Å². The highest BCUT2D eigenvalue weighted by molar-refractivity contribution is 9.10. The van der Waals surface area contributed by atoms with Crippen LogP contribution in [0.3, 0.4) is 0 Å². The average Bonchev–Trinajstić information content (AvgIpc) is 2.40. The summed E-state index contributed by atoms with van der Waals surface area (Å²) >= 11 is 9.61. The molecule has 0 saturated carbocycles. The summed E-state index contributed by atoms with van der Waals surface area (Å²) in [5.41, 5.74) is 4.03. The number of hydrogen-bond acceptors (Lipinski definition) is 3. The van der Waals surface area contributed by atoms with Crippen molar-refractivity contribution in [2.75, 3.05) is 13.2 Å². The maximum atomic E-state index is 6.05. The molecule has 100 valence electrons. The lowest BCUT2D eigenvalue weighted by atomic mass is 9.90. The zero-order valence-corrected chi connectivity index (χ0v) is 12.5. The molecule has 2 rings (SSSR count). The van der Waals surface area contributed by atoms with Gasteiger partial charge < -0.3 is 4.74 Å². The maximum Gasteiger partial charge on any atom is 0.0474 e. The molecule has 3 N–H and O–H groups in total. The van der Waals surface area contributed by atoms with E-state index in [1.54, 1.807) is 0 Å². The number of hydrazine groups is 1. The van der Waals surface area contributed by atoms with Gasteiger partial charge in [-0.15, -0.1) is 0 Å². The van der Waals surface area contributed by atoms with Gasteiger partial charge in [0.2, 0.25) is 0 Å². The van der Waals surface area contributed by atoms with Crippen molar-refractivity contribution in [3.8, 4) is 0 Å². The summed E-state index contributed by atoms with van der Waals surface area (Å²) in [6.45, 7) is 1.72. The summed E-state index contributed by atoms with van der Waals surface area (Å²) in [7, 11) is 0. The maximum absolute atomic E-state index is 6.05. The Morgan fingerprint density at radius 2 is 2.17 bits per heavy atom. The summed E-state index contributed by atoms with van der Waals surface area (Å²) < 4.78 is 6.42. The number of hydrogen-bond donors (Lipinski definition) is 2. The molecule has 0 aromatic heterocycles. The minimum atomic E-state index is 0.126. The Morgan fingerprint density at radius 1 is 1.44 bits per heavy atom. The largest absolute Gasteiger partial charge is 0.381 e. The Labute approximate surface area is 121 Å². The predicted molar refractivity (Wildman–Crippen MR) is 77.4 cm³/mol. The first kappa shape index (κ1) is 14.3. The zero-order chi connectivity index (χ0) is 13.0. The highest BCUT2D eigenvalue weighted by Gasteiger charge is 2.21. The molecule has 0 bridgehead atoms. The first-order chi connectivity index (χ1) is 8.70. The molecule has 1 aliphatic heterocycles. The van der Waals surface area contributed by atoms with E-state index in [4.69, 9.17) is 22.2 Å². The van der Waals surface area contributed by atoms with Gasteiger partial charge in [-0.1, -0.05) is 27.5 Å². The molecule has 0 amide bonds. The molecule has 0 aliphatic carbocycles. The molecule has 1 saturated heterocycles. The van der Waals surface area contributed by atoms with E-state index >= 15 is 0 Å². The monoisotopic (exact) mass is 332 g/mol. The van der Waals surface area contributed by atoms with Crippen molar-refractivity contribution in [2.24, 2.45) is 11.8 Å². The summed E-state index contributed by atoms with van der Waals surface area (Å²) in [4.78, 5) is 0. The summed E-state index contributed by atoms with van der Waals surface area (Å²) in [5, 5.41) is 0.737. The number of benzene rings is 1. The van der Waals surface area contributed by atoms with Crippen molar-refractivity contribution in [3.63, 3.8) is 0 Å². The zero-order valence-electron chi connectivity index (χ0n) is 10.2.